The summed E-state index contributed by atoms with van der Waals surface area (Å²) in [5, 5.41) is 7.55. The molecule has 0 aliphatic rings. The Morgan fingerprint density at radius 1 is 1.31 bits per heavy atom. The summed E-state index contributed by atoms with van der Waals surface area (Å²) in [7, 11) is 3.91. The smallest absolute Gasteiger partial charge is 0.0608 e. The summed E-state index contributed by atoms with van der Waals surface area (Å²) in [5.74, 6) is 0. The maximum atomic E-state index is 4.22. The summed E-state index contributed by atoms with van der Waals surface area (Å²) in [6.45, 7) is 2.13. The molecule has 0 aliphatic carbocycles. The maximum Gasteiger partial charge on any atom is 0.0608 e. The molecule has 1 heterocycles. The quantitative estimate of drug-likeness (QED) is 0.849. The lowest BCUT2D eigenvalue weighted by atomic mass is 9.97. The van der Waals surface area contributed by atoms with Crippen LogP contribution in [0.4, 0.5) is 0 Å². The van der Waals surface area contributed by atoms with Crippen LogP contribution in [0.15, 0.2) is 36.7 Å². The Bertz CT molecular complexity index is 474. The van der Waals surface area contributed by atoms with Crippen molar-refractivity contribution in [3.05, 3.63) is 53.3 Å². The van der Waals surface area contributed by atoms with Crippen LogP contribution in [0.3, 0.4) is 0 Å². The Kier molecular flexibility index (Phi) is 3.06. The highest BCUT2D eigenvalue weighted by atomic mass is 15.2. The molecule has 1 atom stereocenters. The van der Waals surface area contributed by atoms with Crippen molar-refractivity contribution in [3.8, 4) is 0 Å². The molecule has 3 heteroatoms. The summed E-state index contributed by atoms with van der Waals surface area (Å²) in [6, 6.07) is 8.65. The van der Waals surface area contributed by atoms with E-state index in [9.17, 15) is 0 Å². The molecule has 16 heavy (non-hydrogen) atoms. The fourth-order valence-corrected chi connectivity index (χ4v) is 2.00. The number of hydrogen-bond acceptors (Lipinski definition) is 2. The van der Waals surface area contributed by atoms with Crippen LogP contribution >= 0.6 is 0 Å². The first-order valence-electron chi connectivity index (χ1n) is 5.43. The predicted octanol–water partition coefficient (Wildman–Crippen LogP) is 2.04. The highest BCUT2D eigenvalue weighted by Crippen LogP contribution is 2.23. The van der Waals surface area contributed by atoms with Gasteiger partial charge in [-0.3, -0.25) is 4.68 Å². The molecule has 2 rings (SSSR count). The van der Waals surface area contributed by atoms with E-state index in [0.29, 0.717) is 0 Å². The first-order valence-corrected chi connectivity index (χ1v) is 5.43. The Morgan fingerprint density at radius 3 is 2.62 bits per heavy atom. The maximum absolute atomic E-state index is 4.22. The third-order valence-electron chi connectivity index (χ3n) is 2.85. The molecule has 3 nitrogen and oxygen atoms in total. The van der Waals surface area contributed by atoms with Crippen molar-refractivity contribution in [2.24, 2.45) is 7.05 Å². The van der Waals surface area contributed by atoms with E-state index >= 15 is 0 Å². The molecule has 0 fully saturated rings. The Labute approximate surface area is 96.1 Å². The van der Waals surface area contributed by atoms with Gasteiger partial charge in [-0.05, 0) is 25.1 Å². The molecule has 2 aromatic rings. The zero-order chi connectivity index (χ0) is 11.5. The lowest BCUT2D eigenvalue weighted by molar-refractivity contribution is 0.685. The standard InChI is InChI=1S/C13H17N3/c1-10-6-4-5-7-12(10)13(14-2)11-8-15-16(3)9-11/h4-9,13-14H,1-3H3. The minimum absolute atomic E-state index is 0.218. The third kappa shape index (κ3) is 1.99. The minimum Gasteiger partial charge on any atom is -0.309 e. The Morgan fingerprint density at radius 2 is 2.06 bits per heavy atom. The van der Waals surface area contributed by atoms with E-state index in [2.05, 4.69) is 41.6 Å². The Balaban J connectivity index is 2.40. The van der Waals surface area contributed by atoms with Crippen LogP contribution in [-0.2, 0) is 7.05 Å². The van der Waals surface area contributed by atoms with Gasteiger partial charge in [-0.2, -0.15) is 5.10 Å². The summed E-state index contributed by atoms with van der Waals surface area (Å²) in [4.78, 5) is 0. The first-order chi connectivity index (χ1) is 7.72. The van der Waals surface area contributed by atoms with Gasteiger partial charge in [-0.25, -0.2) is 0 Å². The van der Waals surface area contributed by atoms with Crippen molar-refractivity contribution in [2.45, 2.75) is 13.0 Å². The molecule has 1 unspecified atom stereocenters. The number of benzene rings is 1. The number of nitrogens with zero attached hydrogens (tertiary/aromatic N) is 2. The second-order valence-electron chi connectivity index (χ2n) is 4.03. The van der Waals surface area contributed by atoms with Gasteiger partial charge in [0.25, 0.3) is 0 Å². The van der Waals surface area contributed by atoms with Gasteiger partial charge in [-0.15, -0.1) is 0 Å². The SMILES string of the molecule is CNC(c1cnn(C)c1)c1ccccc1C. The van der Waals surface area contributed by atoms with Crippen LogP contribution in [0.1, 0.15) is 22.7 Å². The van der Waals surface area contributed by atoms with Crippen molar-refractivity contribution < 1.29 is 0 Å². The molecule has 0 saturated carbocycles. The van der Waals surface area contributed by atoms with Gasteiger partial charge in [0, 0.05) is 18.8 Å². The molecule has 84 valence electrons. The van der Waals surface area contributed by atoms with Gasteiger partial charge in [-0.1, -0.05) is 24.3 Å². The molecule has 0 saturated heterocycles. The number of nitrogens with one attached hydrogen (secondary N) is 1. The molecule has 1 aromatic heterocycles. The highest BCUT2D eigenvalue weighted by Gasteiger charge is 2.14. The van der Waals surface area contributed by atoms with Crippen molar-refractivity contribution in [1.82, 2.24) is 15.1 Å². The topological polar surface area (TPSA) is 29.9 Å². The molecule has 1 N–H and O–H groups in total. The largest absolute Gasteiger partial charge is 0.309 e. The highest BCUT2D eigenvalue weighted by molar-refractivity contribution is 5.35. The molecule has 1 aromatic carbocycles. The monoisotopic (exact) mass is 215 g/mol. The molecule has 0 amide bonds. The average molecular weight is 215 g/mol. The van der Waals surface area contributed by atoms with E-state index in [4.69, 9.17) is 0 Å². The number of hydrogen-bond donors (Lipinski definition) is 1. The summed E-state index contributed by atoms with van der Waals surface area (Å²) < 4.78 is 1.83. The van der Waals surface area contributed by atoms with Gasteiger partial charge in [0.2, 0.25) is 0 Å². The average Bonchev–Trinajstić information content (AvgIpc) is 2.69. The number of aryl methyl sites for hydroxylation is 2. The van der Waals surface area contributed by atoms with Crippen LogP contribution in [0.2, 0.25) is 0 Å². The van der Waals surface area contributed by atoms with Crippen molar-refractivity contribution in [1.29, 1.82) is 0 Å². The lowest BCUT2D eigenvalue weighted by Crippen LogP contribution is -2.18. The number of aromatic nitrogens is 2. The van der Waals surface area contributed by atoms with Gasteiger partial charge >= 0.3 is 0 Å². The van der Waals surface area contributed by atoms with Crippen LogP contribution in [0.5, 0.6) is 0 Å². The summed E-state index contributed by atoms with van der Waals surface area (Å²) in [6.07, 6.45) is 3.96. The van der Waals surface area contributed by atoms with Crippen LogP contribution in [-0.4, -0.2) is 16.8 Å². The van der Waals surface area contributed by atoms with Crippen LogP contribution < -0.4 is 5.32 Å². The zero-order valence-corrected chi connectivity index (χ0v) is 9.94. The van der Waals surface area contributed by atoms with Gasteiger partial charge in [0.15, 0.2) is 0 Å². The molecule has 0 spiro atoms. The van der Waals surface area contributed by atoms with Crippen LogP contribution in [0.25, 0.3) is 0 Å². The lowest BCUT2D eigenvalue weighted by Gasteiger charge is -2.17. The van der Waals surface area contributed by atoms with Gasteiger partial charge in [0.05, 0.1) is 12.2 Å². The fraction of sp³-hybridized carbons (Fsp3) is 0.308. The van der Waals surface area contributed by atoms with E-state index in [1.165, 1.54) is 16.7 Å². The summed E-state index contributed by atoms with van der Waals surface area (Å²) >= 11 is 0. The minimum atomic E-state index is 0.218. The first kappa shape index (κ1) is 10.9. The zero-order valence-electron chi connectivity index (χ0n) is 9.94. The van der Waals surface area contributed by atoms with E-state index in [1.54, 1.807) is 0 Å². The van der Waals surface area contributed by atoms with Crippen molar-refractivity contribution in [2.75, 3.05) is 7.05 Å². The fourth-order valence-electron chi connectivity index (χ4n) is 2.00. The van der Waals surface area contributed by atoms with E-state index < -0.39 is 0 Å². The van der Waals surface area contributed by atoms with E-state index in [0.717, 1.165) is 0 Å². The molecular formula is C13H17N3. The third-order valence-corrected chi connectivity index (χ3v) is 2.85. The molecule has 0 bridgehead atoms. The summed E-state index contributed by atoms with van der Waals surface area (Å²) in [5.41, 5.74) is 3.79. The molecule has 0 radical (unpaired) electrons. The predicted molar refractivity (Wildman–Crippen MR) is 65.3 cm³/mol. The van der Waals surface area contributed by atoms with Crippen LogP contribution in [0, 0.1) is 6.92 Å². The van der Waals surface area contributed by atoms with E-state index in [-0.39, 0.29) is 6.04 Å². The molecular weight excluding hydrogens is 198 g/mol. The van der Waals surface area contributed by atoms with Gasteiger partial charge < -0.3 is 5.32 Å². The Hall–Kier alpha value is -1.61. The normalized spacial score (nSPS) is 12.7. The van der Waals surface area contributed by atoms with Crippen molar-refractivity contribution >= 4 is 0 Å². The van der Waals surface area contributed by atoms with E-state index in [1.807, 2.05) is 31.2 Å². The van der Waals surface area contributed by atoms with Gasteiger partial charge in [0.1, 0.15) is 0 Å². The van der Waals surface area contributed by atoms with Crippen molar-refractivity contribution in [3.63, 3.8) is 0 Å². The second-order valence-corrected chi connectivity index (χ2v) is 4.03. The number of rotatable bonds is 3. The second kappa shape index (κ2) is 4.49. The molecule has 0 aliphatic heterocycles.